The first-order valence-corrected chi connectivity index (χ1v) is 5.59. The smallest absolute Gasteiger partial charge is 0.137 e. The van der Waals surface area contributed by atoms with Gasteiger partial charge in [0.1, 0.15) is 17.3 Å². The lowest BCUT2D eigenvalue weighted by atomic mass is 9.93. The van der Waals surface area contributed by atoms with Crippen molar-refractivity contribution < 1.29 is 0 Å². The summed E-state index contributed by atoms with van der Waals surface area (Å²) in [5.41, 5.74) is 1.36. The van der Waals surface area contributed by atoms with Gasteiger partial charge in [0.15, 0.2) is 0 Å². The van der Waals surface area contributed by atoms with Crippen molar-refractivity contribution in [3.63, 3.8) is 0 Å². The summed E-state index contributed by atoms with van der Waals surface area (Å²) in [5, 5.41) is 0.560. The number of anilines is 1. The summed E-state index contributed by atoms with van der Waals surface area (Å²) < 4.78 is 0. The molecule has 2 rings (SSSR count). The topological polar surface area (TPSA) is 29.0 Å². The van der Waals surface area contributed by atoms with E-state index in [0.717, 1.165) is 24.5 Å². The summed E-state index contributed by atoms with van der Waals surface area (Å²) in [4.78, 5) is 10.6. The zero-order valence-electron chi connectivity index (χ0n) is 9.42. The lowest BCUT2D eigenvalue weighted by Gasteiger charge is -2.22. The van der Waals surface area contributed by atoms with E-state index in [9.17, 15) is 0 Å². The van der Waals surface area contributed by atoms with Gasteiger partial charge >= 0.3 is 0 Å². The van der Waals surface area contributed by atoms with Crippen molar-refractivity contribution in [2.24, 2.45) is 5.41 Å². The van der Waals surface area contributed by atoms with Crippen LogP contribution >= 0.6 is 11.6 Å². The van der Waals surface area contributed by atoms with Crippen LogP contribution in [0.15, 0.2) is 6.33 Å². The molecule has 4 heteroatoms. The zero-order chi connectivity index (χ0) is 11.1. The molecular weight excluding hydrogens is 210 g/mol. The highest BCUT2D eigenvalue weighted by Gasteiger charge is 2.30. The van der Waals surface area contributed by atoms with Crippen LogP contribution in [0.2, 0.25) is 5.15 Å². The van der Waals surface area contributed by atoms with Crippen molar-refractivity contribution in [2.75, 3.05) is 18.0 Å². The molecule has 0 aliphatic carbocycles. The van der Waals surface area contributed by atoms with Crippen molar-refractivity contribution in [1.29, 1.82) is 0 Å². The Hall–Kier alpha value is -0.830. The van der Waals surface area contributed by atoms with E-state index in [2.05, 4.69) is 28.7 Å². The predicted octanol–water partition coefficient (Wildman–Crippen LogP) is 2.67. The Bertz CT molecular complexity index is 376. The van der Waals surface area contributed by atoms with Crippen molar-refractivity contribution in [1.82, 2.24) is 9.97 Å². The second-order valence-corrected chi connectivity index (χ2v) is 5.31. The molecule has 0 amide bonds. The Morgan fingerprint density at radius 2 is 2.13 bits per heavy atom. The summed E-state index contributed by atoms with van der Waals surface area (Å²) >= 11 is 5.99. The Balaban J connectivity index is 2.28. The van der Waals surface area contributed by atoms with Gasteiger partial charge in [-0.05, 0) is 18.8 Å². The minimum atomic E-state index is 0.379. The lowest BCUT2D eigenvalue weighted by molar-refractivity contribution is 0.418. The summed E-state index contributed by atoms with van der Waals surface area (Å²) in [6, 6.07) is 0. The van der Waals surface area contributed by atoms with E-state index in [1.807, 2.05) is 6.92 Å². The monoisotopic (exact) mass is 225 g/mol. The second-order valence-electron chi connectivity index (χ2n) is 4.95. The fraction of sp³-hybridized carbons (Fsp3) is 0.636. The molecular formula is C11H16ClN3. The van der Waals surface area contributed by atoms with Crippen LogP contribution in [0, 0.1) is 12.3 Å². The third-order valence-electron chi connectivity index (χ3n) is 2.97. The van der Waals surface area contributed by atoms with Gasteiger partial charge in [-0.3, -0.25) is 0 Å². The molecule has 3 nitrogen and oxygen atoms in total. The molecule has 1 fully saturated rings. The molecule has 82 valence electrons. The minimum absolute atomic E-state index is 0.379. The molecule has 1 aromatic rings. The molecule has 0 unspecified atom stereocenters. The highest BCUT2D eigenvalue weighted by atomic mass is 35.5. The van der Waals surface area contributed by atoms with Crippen molar-refractivity contribution in [2.45, 2.75) is 27.2 Å². The molecule has 0 spiro atoms. The maximum atomic E-state index is 5.99. The molecule has 0 N–H and O–H groups in total. The lowest BCUT2D eigenvalue weighted by Crippen LogP contribution is -2.24. The van der Waals surface area contributed by atoms with Crippen LogP contribution in [0.25, 0.3) is 0 Å². The minimum Gasteiger partial charge on any atom is -0.356 e. The van der Waals surface area contributed by atoms with Crippen LogP contribution in [0.5, 0.6) is 0 Å². The fourth-order valence-corrected chi connectivity index (χ4v) is 2.16. The molecule has 1 saturated heterocycles. The van der Waals surface area contributed by atoms with E-state index in [0.29, 0.717) is 10.6 Å². The Morgan fingerprint density at radius 1 is 1.40 bits per heavy atom. The molecule has 0 radical (unpaired) electrons. The maximum Gasteiger partial charge on any atom is 0.137 e. The SMILES string of the molecule is Cc1c(Cl)ncnc1N1CCC(C)(C)C1. The van der Waals surface area contributed by atoms with Gasteiger partial charge in [-0.25, -0.2) is 9.97 Å². The van der Waals surface area contributed by atoms with Crippen molar-refractivity contribution >= 4 is 17.4 Å². The number of hydrogen-bond donors (Lipinski definition) is 0. The molecule has 1 aliphatic heterocycles. The van der Waals surface area contributed by atoms with Gasteiger partial charge in [-0.15, -0.1) is 0 Å². The van der Waals surface area contributed by atoms with E-state index in [1.165, 1.54) is 12.7 Å². The van der Waals surface area contributed by atoms with Gasteiger partial charge in [0, 0.05) is 18.7 Å². The average Bonchev–Trinajstić information content (AvgIpc) is 2.51. The van der Waals surface area contributed by atoms with Crippen LogP contribution in [-0.4, -0.2) is 23.1 Å². The summed E-state index contributed by atoms with van der Waals surface area (Å²) in [7, 11) is 0. The van der Waals surface area contributed by atoms with E-state index in [1.54, 1.807) is 0 Å². The first-order valence-electron chi connectivity index (χ1n) is 5.22. The number of nitrogens with zero attached hydrogens (tertiary/aromatic N) is 3. The first kappa shape index (κ1) is 10.7. The number of hydrogen-bond acceptors (Lipinski definition) is 3. The van der Waals surface area contributed by atoms with Crippen LogP contribution in [-0.2, 0) is 0 Å². The Kier molecular flexibility index (Phi) is 2.59. The van der Waals surface area contributed by atoms with Crippen LogP contribution in [0.4, 0.5) is 5.82 Å². The number of aromatic nitrogens is 2. The third-order valence-corrected chi connectivity index (χ3v) is 3.35. The summed E-state index contributed by atoms with van der Waals surface area (Å²) in [6.07, 6.45) is 2.74. The Labute approximate surface area is 95.5 Å². The Morgan fingerprint density at radius 3 is 2.73 bits per heavy atom. The molecule has 2 heterocycles. The molecule has 0 bridgehead atoms. The van der Waals surface area contributed by atoms with Crippen LogP contribution in [0.1, 0.15) is 25.8 Å². The normalized spacial score (nSPS) is 19.6. The predicted molar refractivity (Wildman–Crippen MR) is 62.4 cm³/mol. The largest absolute Gasteiger partial charge is 0.356 e. The highest BCUT2D eigenvalue weighted by molar-refractivity contribution is 6.30. The number of rotatable bonds is 1. The van der Waals surface area contributed by atoms with Gasteiger partial charge in [0.2, 0.25) is 0 Å². The highest BCUT2D eigenvalue weighted by Crippen LogP contribution is 2.33. The summed E-state index contributed by atoms with van der Waals surface area (Å²) in [6.45, 7) is 8.64. The second kappa shape index (κ2) is 3.63. The van der Waals surface area contributed by atoms with Crippen LogP contribution in [0.3, 0.4) is 0 Å². The van der Waals surface area contributed by atoms with Crippen molar-refractivity contribution in [3.8, 4) is 0 Å². The van der Waals surface area contributed by atoms with Gasteiger partial charge < -0.3 is 4.90 Å². The van der Waals surface area contributed by atoms with E-state index < -0.39 is 0 Å². The maximum absolute atomic E-state index is 5.99. The van der Waals surface area contributed by atoms with Gasteiger partial charge in [-0.1, -0.05) is 25.4 Å². The fourth-order valence-electron chi connectivity index (χ4n) is 2.03. The third kappa shape index (κ3) is 2.07. The molecule has 0 saturated carbocycles. The molecule has 1 aliphatic rings. The van der Waals surface area contributed by atoms with E-state index in [4.69, 9.17) is 11.6 Å². The quantitative estimate of drug-likeness (QED) is 0.689. The zero-order valence-corrected chi connectivity index (χ0v) is 10.2. The molecule has 0 aromatic carbocycles. The molecule has 0 atom stereocenters. The first-order chi connectivity index (χ1) is 6.99. The van der Waals surface area contributed by atoms with Gasteiger partial charge in [0.25, 0.3) is 0 Å². The van der Waals surface area contributed by atoms with E-state index in [-0.39, 0.29) is 0 Å². The van der Waals surface area contributed by atoms with Crippen LogP contribution < -0.4 is 4.90 Å². The average molecular weight is 226 g/mol. The van der Waals surface area contributed by atoms with Gasteiger partial charge in [-0.2, -0.15) is 0 Å². The molecule has 1 aromatic heterocycles. The van der Waals surface area contributed by atoms with E-state index >= 15 is 0 Å². The standard InChI is InChI=1S/C11H16ClN3/c1-8-9(12)13-7-14-10(8)15-5-4-11(2,3)6-15/h7H,4-6H2,1-3H3. The summed E-state index contributed by atoms with van der Waals surface area (Å²) in [5.74, 6) is 0.987. The molecule has 15 heavy (non-hydrogen) atoms. The van der Waals surface area contributed by atoms with Gasteiger partial charge in [0.05, 0.1) is 0 Å². The van der Waals surface area contributed by atoms with Crippen molar-refractivity contribution in [3.05, 3.63) is 17.0 Å². The number of halogens is 1.